The third-order valence-electron chi connectivity index (χ3n) is 4.16. The van der Waals surface area contributed by atoms with Crippen molar-refractivity contribution in [2.75, 3.05) is 13.7 Å². The van der Waals surface area contributed by atoms with E-state index in [1.54, 1.807) is 0 Å². The Morgan fingerprint density at radius 2 is 1.58 bits per heavy atom. The van der Waals surface area contributed by atoms with Gasteiger partial charge in [-0.3, -0.25) is 9.59 Å². The van der Waals surface area contributed by atoms with Gasteiger partial charge in [0.2, 0.25) is 0 Å². The van der Waals surface area contributed by atoms with E-state index in [0.717, 1.165) is 0 Å². The van der Waals surface area contributed by atoms with Crippen molar-refractivity contribution in [2.24, 2.45) is 0 Å². The van der Waals surface area contributed by atoms with E-state index in [2.05, 4.69) is 21.1 Å². The Kier molecular flexibility index (Phi) is 4.99. The fraction of sp³-hybridized carbons (Fsp3) is 0.150. The van der Waals surface area contributed by atoms with Crippen LogP contribution in [0.5, 0.6) is 0 Å². The molecule has 0 aliphatic heterocycles. The standard InChI is InChI=1S/C20H16N2O4/c1-26-18(23)10-11-21-20(24)19-15-8-4-2-6-13(15)17(12-22-25)14-7-3-5-9-16(14)19/h2-9H,10-11H2,1H3,(H,21,24). The molecule has 0 saturated heterocycles. The van der Waals surface area contributed by atoms with Crippen molar-refractivity contribution in [1.82, 2.24) is 5.32 Å². The fourth-order valence-electron chi connectivity index (χ4n) is 3.01. The maximum absolute atomic E-state index is 12.8. The predicted molar refractivity (Wildman–Crippen MR) is 100 cm³/mol. The van der Waals surface area contributed by atoms with Gasteiger partial charge in [0.1, 0.15) is 5.56 Å². The molecule has 3 rings (SSSR count). The van der Waals surface area contributed by atoms with Crippen molar-refractivity contribution >= 4 is 33.4 Å². The Labute approximate surface area is 149 Å². The van der Waals surface area contributed by atoms with E-state index in [1.165, 1.54) is 7.11 Å². The number of nitrogens with one attached hydrogen (secondary N) is 1. The third kappa shape index (κ3) is 3.15. The molecular formula is C20H16N2O4. The summed E-state index contributed by atoms with van der Waals surface area (Å²) in [5, 5.41) is 19.2. The van der Waals surface area contributed by atoms with Gasteiger partial charge < -0.3 is 15.3 Å². The molecule has 0 saturated carbocycles. The highest BCUT2D eigenvalue weighted by molar-refractivity contribution is 6.20. The molecule has 6 heteroatoms. The smallest absolute Gasteiger partial charge is 0.337 e. The lowest BCUT2D eigenvalue weighted by molar-refractivity contribution is -0.140. The second kappa shape index (κ2) is 7.53. The second-order valence-corrected chi connectivity index (χ2v) is 5.63. The molecule has 1 N–H and O–H groups in total. The fourth-order valence-corrected chi connectivity index (χ4v) is 3.01. The quantitative estimate of drug-likeness (QED) is 0.445. The second-order valence-electron chi connectivity index (χ2n) is 5.63. The maximum atomic E-state index is 12.8. The summed E-state index contributed by atoms with van der Waals surface area (Å²) in [6, 6.07) is 17.1. The van der Waals surface area contributed by atoms with E-state index in [4.69, 9.17) is 0 Å². The average Bonchev–Trinajstić information content (AvgIpc) is 2.67. The molecule has 3 aromatic carbocycles. The number of benzene rings is 3. The summed E-state index contributed by atoms with van der Waals surface area (Å²) >= 11 is 0. The van der Waals surface area contributed by atoms with E-state index >= 15 is 0 Å². The Hall–Kier alpha value is -3.59. The molecule has 1 amide bonds. The highest BCUT2D eigenvalue weighted by Gasteiger charge is 2.19. The van der Waals surface area contributed by atoms with Crippen LogP contribution < -0.4 is 5.32 Å². The summed E-state index contributed by atoms with van der Waals surface area (Å²) in [6.45, 7) is 0.171. The van der Waals surface area contributed by atoms with Crippen molar-refractivity contribution in [1.29, 1.82) is 0 Å². The number of carbonyl (C=O) groups excluding carboxylic acids is 2. The zero-order valence-corrected chi connectivity index (χ0v) is 14.1. The van der Waals surface area contributed by atoms with Crippen LogP contribution >= 0.6 is 0 Å². The number of fused-ring (bicyclic) bond motifs is 2. The van der Waals surface area contributed by atoms with Gasteiger partial charge >= 0.3 is 12.0 Å². The number of carbonyl (C=O) groups is 2. The minimum atomic E-state index is -0.392. The van der Waals surface area contributed by atoms with E-state index < -0.39 is 5.97 Å². The number of hydrogen-bond acceptors (Lipinski definition) is 4. The number of ether oxygens (including phenoxy) is 1. The lowest BCUT2D eigenvalue weighted by Gasteiger charge is -2.12. The number of methoxy groups -OCH3 is 1. The van der Waals surface area contributed by atoms with Crippen LogP contribution in [0.2, 0.25) is 0 Å². The van der Waals surface area contributed by atoms with E-state index in [0.29, 0.717) is 32.7 Å². The Morgan fingerprint density at radius 1 is 1.04 bits per heavy atom. The predicted octanol–water partition coefficient (Wildman–Crippen LogP) is 3.46. The first-order valence-corrected chi connectivity index (χ1v) is 8.04. The van der Waals surface area contributed by atoms with Gasteiger partial charge in [-0.2, -0.15) is 0 Å². The molecule has 0 bridgehead atoms. The van der Waals surface area contributed by atoms with Crippen LogP contribution in [0, 0.1) is 11.3 Å². The first kappa shape index (κ1) is 17.2. The topological polar surface area (TPSA) is 82.8 Å². The zero-order valence-electron chi connectivity index (χ0n) is 14.1. The van der Waals surface area contributed by atoms with Crippen LogP contribution in [0.4, 0.5) is 0 Å². The summed E-state index contributed by atoms with van der Waals surface area (Å²) in [5.41, 5.74) is 1.04. The van der Waals surface area contributed by atoms with Crippen LogP contribution in [-0.2, 0) is 9.53 Å². The number of esters is 1. The number of nitrogens with zero attached hydrogens (tertiary/aromatic N) is 1. The average molecular weight is 348 g/mol. The molecule has 0 unspecified atom stereocenters. The molecular weight excluding hydrogens is 332 g/mol. The monoisotopic (exact) mass is 348 g/mol. The van der Waals surface area contributed by atoms with Gasteiger partial charge in [-0.1, -0.05) is 48.5 Å². The molecule has 0 aliphatic rings. The summed E-state index contributed by atoms with van der Waals surface area (Å²) < 4.78 is 4.58. The molecule has 3 aromatic rings. The van der Waals surface area contributed by atoms with Crippen molar-refractivity contribution in [3.05, 3.63) is 69.9 Å². The molecule has 26 heavy (non-hydrogen) atoms. The summed E-state index contributed by atoms with van der Waals surface area (Å²) in [5.74, 6) is -0.691. The first-order valence-electron chi connectivity index (χ1n) is 8.04. The largest absolute Gasteiger partial charge is 0.498 e. The molecule has 130 valence electrons. The van der Waals surface area contributed by atoms with Crippen LogP contribution in [0.1, 0.15) is 22.3 Å². The molecule has 0 fully saturated rings. The van der Waals surface area contributed by atoms with E-state index in [1.807, 2.05) is 48.5 Å². The van der Waals surface area contributed by atoms with E-state index in [9.17, 15) is 14.8 Å². The zero-order chi connectivity index (χ0) is 18.5. The van der Waals surface area contributed by atoms with E-state index in [-0.39, 0.29) is 18.9 Å². The van der Waals surface area contributed by atoms with Gasteiger partial charge in [0.15, 0.2) is 0 Å². The first-order chi connectivity index (χ1) is 12.7. The van der Waals surface area contributed by atoms with Crippen molar-refractivity contribution in [3.8, 4) is 6.07 Å². The Morgan fingerprint density at radius 3 is 2.08 bits per heavy atom. The molecule has 0 atom stereocenters. The van der Waals surface area contributed by atoms with Gasteiger partial charge in [-0.15, -0.1) is 0 Å². The van der Waals surface area contributed by atoms with Gasteiger partial charge in [-0.25, -0.2) is 0 Å². The van der Waals surface area contributed by atoms with Gasteiger partial charge in [0, 0.05) is 22.3 Å². The summed E-state index contributed by atoms with van der Waals surface area (Å²) in [7, 11) is 1.30. The summed E-state index contributed by atoms with van der Waals surface area (Å²) in [6.07, 6.45) is 0.0901. The lowest BCUT2D eigenvalue weighted by atomic mass is 9.92. The molecule has 0 heterocycles. The molecule has 6 nitrogen and oxygen atoms in total. The van der Waals surface area contributed by atoms with Gasteiger partial charge in [0.05, 0.1) is 19.1 Å². The Balaban J connectivity index is 2.17. The van der Waals surface area contributed by atoms with Crippen LogP contribution in [-0.4, -0.2) is 25.5 Å². The van der Waals surface area contributed by atoms with Crippen LogP contribution in [0.15, 0.2) is 48.5 Å². The molecule has 0 spiro atoms. The molecule has 0 aliphatic carbocycles. The number of amides is 1. The van der Waals surface area contributed by atoms with Crippen molar-refractivity contribution in [3.63, 3.8) is 0 Å². The van der Waals surface area contributed by atoms with Gasteiger partial charge in [-0.05, 0) is 10.8 Å². The maximum Gasteiger partial charge on any atom is 0.337 e. The number of rotatable bonds is 4. The minimum Gasteiger partial charge on any atom is -0.498 e. The molecule has 0 radical (unpaired) electrons. The molecule has 0 aromatic heterocycles. The summed E-state index contributed by atoms with van der Waals surface area (Å²) in [4.78, 5) is 24.1. The normalized spacial score (nSPS) is 10.2. The minimum absolute atomic E-state index is 0.0901. The third-order valence-corrected chi connectivity index (χ3v) is 4.16. The Bertz CT molecular complexity index is 1010. The highest BCUT2D eigenvalue weighted by atomic mass is 16.5. The number of hydrogen-bond donors (Lipinski definition) is 1. The van der Waals surface area contributed by atoms with Crippen molar-refractivity contribution < 1.29 is 14.3 Å². The van der Waals surface area contributed by atoms with Crippen molar-refractivity contribution in [2.45, 2.75) is 6.42 Å². The lowest BCUT2D eigenvalue weighted by Crippen LogP contribution is -2.26. The van der Waals surface area contributed by atoms with Crippen LogP contribution in [0.3, 0.4) is 0 Å². The van der Waals surface area contributed by atoms with Gasteiger partial charge in [0.25, 0.3) is 5.91 Å². The highest BCUT2D eigenvalue weighted by Crippen LogP contribution is 2.32. The SMILES string of the molecule is COC(=O)CCNC(=O)c1c2ccccc2c(C#[N+][O-])c2ccccc12. The van der Waals surface area contributed by atoms with Crippen LogP contribution in [0.25, 0.3) is 26.6 Å².